The zero-order valence-electron chi connectivity index (χ0n) is 15.1. The number of pyridine rings is 1. The molecule has 1 aliphatic carbocycles. The number of aryl methyl sites for hydroxylation is 2. The van der Waals surface area contributed by atoms with Crippen LogP contribution in [0.2, 0.25) is 5.15 Å². The van der Waals surface area contributed by atoms with Crippen molar-refractivity contribution >= 4 is 29.2 Å². The van der Waals surface area contributed by atoms with E-state index in [0.29, 0.717) is 11.3 Å². The van der Waals surface area contributed by atoms with Gasteiger partial charge in [0.15, 0.2) is 0 Å². The molecule has 4 rings (SSSR count). The Morgan fingerprint density at radius 1 is 1.43 bits per heavy atom. The van der Waals surface area contributed by atoms with E-state index in [9.17, 15) is 0 Å². The highest BCUT2D eigenvalue weighted by Gasteiger charge is 2.27. The first-order valence-corrected chi connectivity index (χ1v) is 9.11. The van der Waals surface area contributed by atoms with E-state index in [1.54, 1.807) is 16.9 Å². The maximum atomic E-state index is 9.12. The molecule has 2 heterocycles. The van der Waals surface area contributed by atoms with Crippen molar-refractivity contribution in [3.63, 3.8) is 0 Å². The van der Waals surface area contributed by atoms with Gasteiger partial charge in [0.2, 0.25) is 0 Å². The molecule has 0 fully saturated rings. The SMILES string of the molecule is Cn1cc(Nc2cc(OC3CCc4cc(C#N)c(Cl)nc43)ccc2C=N)cn1. The number of nitrogens with zero attached hydrogens (tertiary/aromatic N) is 4. The second-order valence-electron chi connectivity index (χ2n) is 6.55. The Bertz CT molecular complexity index is 1100. The number of aromatic nitrogens is 3. The van der Waals surface area contributed by atoms with Crippen LogP contribution >= 0.6 is 11.6 Å². The summed E-state index contributed by atoms with van der Waals surface area (Å²) in [5.74, 6) is 0.664. The number of benzene rings is 1. The lowest BCUT2D eigenvalue weighted by Crippen LogP contribution is -2.07. The molecule has 0 amide bonds. The molecule has 140 valence electrons. The lowest BCUT2D eigenvalue weighted by Gasteiger charge is -2.16. The first kappa shape index (κ1) is 18.0. The summed E-state index contributed by atoms with van der Waals surface area (Å²) >= 11 is 6.10. The minimum atomic E-state index is -0.225. The molecule has 1 aliphatic rings. The molecule has 28 heavy (non-hydrogen) atoms. The van der Waals surface area contributed by atoms with Crippen LogP contribution in [0.3, 0.4) is 0 Å². The van der Waals surface area contributed by atoms with Crippen LogP contribution in [-0.2, 0) is 13.5 Å². The predicted molar refractivity (Wildman–Crippen MR) is 106 cm³/mol. The molecule has 1 unspecified atom stereocenters. The van der Waals surface area contributed by atoms with Gasteiger partial charge in [-0.2, -0.15) is 10.4 Å². The number of anilines is 2. The molecule has 3 aromatic rings. The van der Waals surface area contributed by atoms with Gasteiger partial charge < -0.3 is 15.5 Å². The monoisotopic (exact) mass is 392 g/mol. The van der Waals surface area contributed by atoms with E-state index in [1.165, 1.54) is 6.21 Å². The maximum Gasteiger partial charge on any atom is 0.147 e. The molecule has 0 saturated carbocycles. The van der Waals surface area contributed by atoms with Crippen LogP contribution in [0.25, 0.3) is 0 Å². The summed E-state index contributed by atoms with van der Waals surface area (Å²) in [6.07, 6.45) is 6.19. The van der Waals surface area contributed by atoms with Gasteiger partial charge in [0.05, 0.1) is 28.8 Å². The van der Waals surface area contributed by atoms with Crippen molar-refractivity contribution in [2.24, 2.45) is 7.05 Å². The maximum absolute atomic E-state index is 9.12. The lowest BCUT2D eigenvalue weighted by molar-refractivity contribution is 0.203. The van der Waals surface area contributed by atoms with E-state index >= 15 is 0 Å². The van der Waals surface area contributed by atoms with E-state index in [1.807, 2.05) is 31.4 Å². The normalized spacial score (nSPS) is 15.0. The van der Waals surface area contributed by atoms with Crippen LogP contribution in [-0.4, -0.2) is 21.0 Å². The molecule has 8 heteroatoms. The zero-order valence-corrected chi connectivity index (χ0v) is 15.9. The first-order chi connectivity index (χ1) is 13.6. The van der Waals surface area contributed by atoms with E-state index in [-0.39, 0.29) is 11.3 Å². The van der Waals surface area contributed by atoms with Crippen molar-refractivity contribution in [1.29, 1.82) is 10.7 Å². The van der Waals surface area contributed by atoms with Gasteiger partial charge in [-0.05, 0) is 36.6 Å². The fourth-order valence-electron chi connectivity index (χ4n) is 3.29. The topological polar surface area (TPSA) is 99.6 Å². The molecule has 2 N–H and O–H groups in total. The van der Waals surface area contributed by atoms with Crippen LogP contribution < -0.4 is 10.1 Å². The summed E-state index contributed by atoms with van der Waals surface area (Å²) in [6, 6.07) is 9.37. The summed E-state index contributed by atoms with van der Waals surface area (Å²) in [7, 11) is 1.84. The fourth-order valence-corrected chi connectivity index (χ4v) is 3.48. The Kier molecular flexibility index (Phi) is 4.72. The number of nitrogens with one attached hydrogen (secondary N) is 2. The molecule has 0 aliphatic heterocycles. The van der Waals surface area contributed by atoms with E-state index in [4.69, 9.17) is 27.0 Å². The summed E-state index contributed by atoms with van der Waals surface area (Å²) in [5, 5.41) is 24.4. The van der Waals surface area contributed by atoms with Crippen LogP contribution in [0.1, 0.15) is 34.9 Å². The number of hydrogen-bond donors (Lipinski definition) is 2. The highest BCUT2D eigenvalue weighted by molar-refractivity contribution is 6.30. The van der Waals surface area contributed by atoms with Gasteiger partial charge in [0.25, 0.3) is 0 Å². The van der Waals surface area contributed by atoms with Gasteiger partial charge in [0.1, 0.15) is 23.1 Å². The quantitative estimate of drug-likeness (QED) is 0.502. The van der Waals surface area contributed by atoms with Crippen LogP contribution in [0.15, 0.2) is 36.7 Å². The van der Waals surface area contributed by atoms with E-state index in [0.717, 1.165) is 41.0 Å². The van der Waals surface area contributed by atoms with Crippen LogP contribution in [0.5, 0.6) is 5.75 Å². The number of ether oxygens (including phenoxy) is 1. The van der Waals surface area contributed by atoms with Gasteiger partial charge in [0, 0.05) is 31.1 Å². The minimum Gasteiger partial charge on any atom is -0.484 e. The van der Waals surface area contributed by atoms with Crippen molar-refractivity contribution in [1.82, 2.24) is 14.8 Å². The zero-order chi connectivity index (χ0) is 19.7. The highest BCUT2D eigenvalue weighted by Crippen LogP contribution is 2.36. The molecule has 1 atom stereocenters. The average Bonchev–Trinajstić information content (AvgIpc) is 3.27. The van der Waals surface area contributed by atoms with Gasteiger partial charge >= 0.3 is 0 Å². The van der Waals surface area contributed by atoms with Crippen molar-refractivity contribution in [3.05, 3.63) is 64.2 Å². The fraction of sp³-hybridized carbons (Fsp3) is 0.200. The molecule has 0 bridgehead atoms. The lowest BCUT2D eigenvalue weighted by atomic mass is 10.1. The van der Waals surface area contributed by atoms with Gasteiger partial charge in [-0.1, -0.05) is 11.6 Å². The Balaban J connectivity index is 1.60. The molecular formula is C20H17ClN6O. The van der Waals surface area contributed by atoms with Gasteiger partial charge in [-0.3, -0.25) is 4.68 Å². The number of halogens is 1. The highest BCUT2D eigenvalue weighted by atomic mass is 35.5. The summed E-state index contributed by atoms with van der Waals surface area (Å²) < 4.78 is 7.87. The molecule has 1 aromatic carbocycles. The molecule has 7 nitrogen and oxygen atoms in total. The molecule has 0 spiro atoms. The van der Waals surface area contributed by atoms with Gasteiger partial charge in [-0.15, -0.1) is 0 Å². The van der Waals surface area contributed by atoms with Crippen molar-refractivity contribution < 1.29 is 4.74 Å². The predicted octanol–water partition coefficient (Wildman–Crippen LogP) is 4.15. The Morgan fingerprint density at radius 3 is 3.00 bits per heavy atom. The molecule has 0 saturated heterocycles. The van der Waals surface area contributed by atoms with Crippen LogP contribution in [0, 0.1) is 16.7 Å². The van der Waals surface area contributed by atoms with Gasteiger partial charge in [-0.25, -0.2) is 4.98 Å². The third kappa shape index (κ3) is 3.42. The number of nitriles is 1. The second-order valence-corrected chi connectivity index (χ2v) is 6.91. The number of rotatable bonds is 5. The van der Waals surface area contributed by atoms with Crippen molar-refractivity contribution in [3.8, 4) is 11.8 Å². The van der Waals surface area contributed by atoms with Crippen molar-refractivity contribution in [2.45, 2.75) is 18.9 Å². The van der Waals surface area contributed by atoms with E-state index in [2.05, 4.69) is 21.5 Å². The third-order valence-corrected chi connectivity index (χ3v) is 4.92. The minimum absolute atomic E-state index is 0.204. The summed E-state index contributed by atoms with van der Waals surface area (Å²) in [5.41, 5.74) is 4.48. The number of fused-ring (bicyclic) bond motifs is 1. The molecule has 2 aromatic heterocycles. The van der Waals surface area contributed by atoms with E-state index < -0.39 is 0 Å². The Labute approximate surface area is 167 Å². The average molecular weight is 393 g/mol. The smallest absolute Gasteiger partial charge is 0.147 e. The largest absolute Gasteiger partial charge is 0.484 e. The first-order valence-electron chi connectivity index (χ1n) is 8.73. The van der Waals surface area contributed by atoms with Crippen molar-refractivity contribution in [2.75, 3.05) is 5.32 Å². The summed E-state index contributed by atoms with van der Waals surface area (Å²) in [4.78, 5) is 4.38. The standard InChI is InChI=1S/C20H17ClN6O/c1-27-11-15(10-24-27)25-17-7-16(4-2-13(17)8-22)28-18-5-3-12-6-14(9-23)20(21)26-19(12)18/h2,4,6-8,10-11,18,22,25H,3,5H2,1H3. The molecule has 0 radical (unpaired) electrons. The van der Waals surface area contributed by atoms with Crippen LogP contribution in [0.4, 0.5) is 11.4 Å². The molecular weight excluding hydrogens is 376 g/mol. The second kappa shape index (κ2) is 7.33. The Hall–Kier alpha value is -3.37. The number of hydrogen-bond acceptors (Lipinski definition) is 6. The Morgan fingerprint density at radius 2 is 2.29 bits per heavy atom. The third-order valence-electron chi connectivity index (χ3n) is 4.63. The summed E-state index contributed by atoms with van der Waals surface area (Å²) in [6.45, 7) is 0.